The lowest BCUT2D eigenvalue weighted by molar-refractivity contribution is 0.111. The van der Waals surface area contributed by atoms with Crippen molar-refractivity contribution in [1.82, 2.24) is 5.32 Å². The average Bonchev–Trinajstić information content (AvgIpc) is 2.67. The van der Waals surface area contributed by atoms with Gasteiger partial charge in [0, 0.05) is 26.2 Å². The summed E-state index contributed by atoms with van der Waals surface area (Å²) in [5.41, 5.74) is 1.58. The van der Waals surface area contributed by atoms with Gasteiger partial charge in [-0.25, -0.2) is 4.21 Å². The van der Waals surface area contributed by atoms with Crippen LogP contribution in [0.5, 0.6) is 5.75 Å². The lowest BCUT2D eigenvalue weighted by Crippen LogP contribution is -2.49. The fourth-order valence-electron chi connectivity index (χ4n) is 3.52. The second-order valence-corrected chi connectivity index (χ2v) is 8.73. The highest BCUT2D eigenvalue weighted by Gasteiger charge is 2.37. The molecule has 1 saturated heterocycles. The van der Waals surface area contributed by atoms with Crippen LogP contribution >= 0.6 is 0 Å². The number of benzene rings is 2. The first-order valence-electron chi connectivity index (χ1n) is 9.07. The maximum absolute atomic E-state index is 13.3. The number of ether oxygens (including phenoxy) is 1. The molecule has 2 aromatic rings. The van der Waals surface area contributed by atoms with Crippen molar-refractivity contribution in [1.29, 1.82) is 0 Å². The number of para-hydroxylation sites is 1. The third-order valence-electron chi connectivity index (χ3n) is 4.75. The summed E-state index contributed by atoms with van der Waals surface area (Å²) in [5, 5.41) is 3.39. The predicted octanol–water partition coefficient (Wildman–Crippen LogP) is 2.80. The zero-order valence-corrected chi connectivity index (χ0v) is 16.1. The van der Waals surface area contributed by atoms with Gasteiger partial charge in [0.05, 0.1) is 22.8 Å². The van der Waals surface area contributed by atoms with Gasteiger partial charge in [0.25, 0.3) is 0 Å². The Morgan fingerprint density at radius 2 is 1.69 bits per heavy atom. The molecule has 138 valence electrons. The molecule has 4 rings (SSSR count). The summed E-state index contributed by atoms with van der Waals surface area (Å²) in [6.45, 7) is 8.51. The lowest BCUT2D eigenvalue weighted by atomic mass is 10.1. The molecule has 6 heteroatoms. The molecule has 0 spiro atoms. The summed E-state index contributed by atoms with van der Waals surface area (Å²) in [4.78, 5) is 3.16. The van der Waals surface area contributed by atoms with Gasteiger partial charge in [-0.2, -0.15) is 0 Å². The molecule has 2 aliphatic rings. The monoisotopic (exact) mass is 371 g/mol. The molecule has 2 aliphatic heterocycles. The second-order valence-electron chi connectivity index (χ2n) is 7.32. The van der Waals surface area contributed by atoms with E-state index in [9.17, 15) is 4.21 Å². The van der Waals surface area contributed by atoms with Gasteiger partial charge >= 0.3 is 0 Å². The van der Waals surface area contributed by atoms with E-state index >= 15 is 0 Å². The Morgan fingerprint density at radius 1 is 1.00 bits per heavy atom. The normalized spacial score (nSPS) is 20.2. The van der Waals surface area contributed by atoms with Crippen LogP contribution in [0.1, 0.15) is 13.8 Å². The van der Waals surface area contributed by atoms with Crippen LogP contribution in [-0.2, 0) is 11.0 Å². The molecular weight excluding hydrogens is 346 g/mol. The molecule has 0 amide bonds. The SMILES string of the molecule is CC1(C)CN(S(=O)c2ccccc2)c2cccc(N3CCNCC3)c2O1. The smallest absolute Gasteiger partial charge is 0.167 e. The van der Waals surface area contributed by atoms with E-state index in [0.29, 0.717) is 6.54 Å². The Morgan fingerprint density at radius 3 is 2.42 bits per heavy atom. The van der Waals surface area contributed by atoms with Crippen LogP contribution in [0.25, 0.3) is 0 Å². The number of nitrogens with one attached hydrogen (secondary N) is 1. The first-order valence-corrected chi connectivity index (χ1v) is 10.2. The van der Waals surface area contributed by atoms with E-state index in [1.165, 1.54) is 0 Å². The molecule has 1 unspecified atom stereocenters. The van der Waals surface area contributed by atoms with Crippen LogP contribution in [-0.4, -0.2) is 42.5 Å². The number of piperazine rings is 1. The summed E-state index contributed by atoms with van der Waals surface area (Å²) < 4.78 is 21.6. The molecule has 1 fully saturated rings. The van der Waals surface area contributed by atoms with Gasteiger partial charge in [0.1, 0.15) is 5.60 Å². The fraction of sp³-hybridized carbons (Fsp3) is 0.400. The minimum Gasteiger partial charge on any atom is -0.482 e. The lowest BCUT2D eigenvalue weighted by Gasteiger charge is -2.42. The average molecular weight is 372 g/mol. The van der Waals surface area contributed by atoms with Gasteiger partial charge in [-0.15, -0.1) is 0 Å². The highest BCUT2D eigenvalue weighted by Crippen LogP contribution is 2.45. The van der Waals surface area contributed by atoms with Gasteiger partial charge in [-0.1, -0.05) is 24.3 Å². The number of nitrogens with zero attached hydrogens (tertiary/aromatic N) is 2. The summed E-state index contributed by atoms with van der Waals surface area (Å²) >= 11 is 0. The standard InChI is InChI=1S/C20H25N3O2S/c1-20(2)15-23(26(24)16-7-4-3-5-8-16)18-10-6-9-17(19(18)25-20)22-13-11-21-12-14-22/h3-10,21H,11-15H2,1-2H3. The molecule has 2 heterocycles. The van der Waals surface area contributed by atoms with Crippen molar-refractivity contribution in [2.75, 3.05) is 41.9 Å². The van der Waals surface area contributed by atoms with E-state index in [1.54, 1.807) is 0 Å². The van der Waals surface area contributed by atoms with Crippen LogP contribution < -0.4 is 19.3 Å². The van der Waals surface area contributed by atoms with Crippen LogP contribution in [0.3, 0.4) is 0 Å². The molecule has 0 saturated carbocycles. The van der Waals surface area contributed by atoms with E-state index in [2.05, 4.69) is 30.1 Å². The van der Waals surface area contributed by atoms with Crippen molar-refractivity contribution in [2.45, 2.75) is 24.3 Å². The summed E-state index contributed by atoms with van der Waals surface area (Å²) in [5.74, 6) is 0.843. The number of fused-ring (bicyclic) bond motifs is 1. The number of rotatable bonds is 3. The quantitative estimate of drug-likeness (QED) is 0.901. The van der Waals surface area contributed by atoms with Crippen molar-refractivity contribution >= 4 is 22.4 Å². The Balaban J connectivity index is 1.76. The molecule has 1 N–H and O–H groups in total. The van der Waals surface area contributed by atoms with Gasteiger partial charge in [0.2, 0.25) is 0 Å². The Hall–Kier alpha value is -2.05. The van der Waals surface area contributed by atoms with E-state index in [1.807, 2.05) is 46.8 Å². The topological polar surface area (TPSA) is 44.8 Å². The maximum Gasteiger partial charge on any atom is 0.167 e. The zero-order chi connectivity index (χ0) is 18.1. The molecule has 5 nitrogen and oxygen atoms in total. The molecule has 0 aromatic heterocycles. The highest BCUT2D eigenvalue weighted by molar-refractivity contribution is 7.86. The Labute approximate surface area is 157 Å². The van der Waals surface area contributed by atoms with Gasteiger partial charge in [-0.05, 0) is 38.1 Å². The predicted molar refractivity (Wildman–Crippen MR) is 106 cm³/mol. The van der Waals surface area contributed by atoms with E-state index in [0.717, 1.165) is 48.2 Å². The number of hydrogen-bond donors (Lipinski definition) is 1. The third kappa shape index (κ3) is 3.31. The molecule has 0 bridgehead atoms. The number of hydrogen-bond acceptors (Lipinski definition) is 4. The molecule has 2 aromatic carbocycles. The van der Waals surface area contributed by atoms with Crippen LogP contribution in [0.4, 0.5) is 11.4 Å². The molecule has 0 aliphatic carbocycles. The molecular formula is C20H25N3O2S. The van der Waals surface area contributed by atoms with Crippen molar-refractivity contribution in [2.24, 2.45) is 0 Å². The van der Waals surface area contributed by atoms with E-state index < -0.39 is 16.6 Å². The third-order valence-corrected chi connectivity index (χ3v) is 6.15. The van der Waals surface area contributed by atoms with Crippen molar-refractivity contribution < 1.29 is 8.95 Å². The Kier molecular flexibility index (Phi) is 4.63. The van der Waals surface area contributed by atoms with Crippen molar-refractivity contribution in [3.05, 3.63) is 48.5 Å². The van der Waals surface area contributed by atoms with Crippen LogP contribution in [0.2, 0.25) is 0 Å². The minimum atomic E-state index is -1.27. The molecule has 0 radical (unpaired) electrons. The number of anilines is 2. The van der Waals surface area contributed by atoms with Crippen LogP contribution in [0.15, 0.2) is 53.4 Å². The van der Waals surface area contributed by atoms with Gasteiger partial charge in [0.15, 0.2) is 16.7 Å². The van der Waals surface area contributed by atoms with Gasteiger partial charge in [-0.3, -0.25) is 4.31 Å². The van der Waals surface area contributed by atoms with Gasteiger partial charge < -0.3 is 15.0 Å². The van der Waals surface area contributed by atoms with E-state index in [4.69, 9.17) is 4.74 Å². The van der Waals surface area contributed by atoms with Crippen molar-refractivity contribution in [3.63, 3.8) is 0 Å². The molecule has 1 atom stereocenters. The molecule has 26 heavy (non-hydrogen) atoms. The Bertz CT molecular complexity index is 804. The minimum absolute atomic E-state index is 0.415. The summed E-state index contributed by atoms with van der Waals surface area (Å²) in [6, 6.07) is 15.8. The zero-order valence-electron chi connectivity index (χ0n) is 15.3. The van der Waals surface area contributed by atoms with E-state index in [-0.39, 0.29) is 0 Å². The van der Waals surface area contributed by atoms with Crippen LogP contribution in [0, 0.1) is 0 Å². The first kappa shape index (κ1) is 17.4. The summed E-state index contributed by atoms with van der Waals surface area (Å²) in [6.07, 6.45) is 0. The first-order chi connectivity index (χ1) is 12.6. The summed E-state index contributed by atoms with van der Waals surface area (Å²) in [7, 11) is -1.27. The fourth-order valence-corrected chi connectivity index (χ4v) is 4.92. The van der Waals surface area contributed by atoms with Crippen molar-refractivity contribution in [3.8, 4) is 5.75 Å². The largest absolute Gasteiger partial charge is 0.482 e. The second kappa shape index (κ2) is 6.93. The maximum atomic E-state index is 13.3. The highest BCUT2D eigenvalue weighted by atomic mass is 32.2.